The van der Waals surface area contributed by atoms with Gasteiger partial charge in [-0.25, -0.2) is 9.97 Å². The number of anilines is 3. The van der Waals surface area contributed by atoms with Gasteiger partial charge in [0.15, 0.2) is 0 Å². The molecule has 2 rings (SSSR count). The van der Waals surface area contributed by atoms with Crippen molar-refractivity contribution in [3.63, 3.8) is 0 Å². The molecule has 4 heteroatoms. The molecular formula is C16H22N4. The average Bonchev–Trinajstić information content (AvgIpc) is 2.52. The van der Waals surface area contributed by atoms with E-state index in [1.54, 1.807) is 6.33 Å². The minimum atomic E-state index is 0.883. The average molecular weight is 270 g/mol. The lowest BCUT2D eigenvalue weighted by molar-refractivity contribution is 0.742. The fourth-order valence-electron chi connectivity index (χ4n) is 2.00. The predicted molar refractivity (Wildman–Crippen MR) is 84.6 cm³/mol. The third kappa shape index (κ3) is 3.95. The number of aromatic nitrogens is 2. The SMILES string of the molecule is CCCCCNc1cc(N(C)c2ccccc2)ncn1. The Morgan fingerprint density at radius 1 is 1.10 bits per heavy atom. The molecule has 1 aromatic heterocycles. The summed E-state index contributed by atoms with van der Waals surface area (Å²) in [6.07, 6.45) is 5.25. The quantitative estimate of drug-likeness (QED) is 0.776. The first-order chi connectivity index (χ1) is 9.81. The van der Waals surface area contributed by atoms with E-state index in [2.05, 4.69) is 39.2 Å². The van der Waals surface area contributed by atoms with Gasteiger partial charge in [0.25, 0.3) is 0 Å². The third-order valence-corrected chi connectivity index (χ3v) is 3.23. The first-order valence-corrected chi connectivity index (χ1v) is 7.16. The number of hydrogen-bond donors (Lipinski definition) is 1. The Kier molecular flexibility index (Phi) is 5.35. The highest BCUT2D eigenvalue weighted by Crippen LogP contribution is 2.22. The Labute approximate surface area is 120 Å². The molecule has 0 radical (unpaired) electrons. The summed E-state index contributed by atoms with van der Waals surface area (Å²) in [7, 11) is 2.01. The summed E-state index contributed by atoms with van der Waals surface area (Å²) < 4.78 is 0. The normalized spacial score (nSPS) is 10.3. The van der Waals surface area contributed by atoms with Gasteiger partial charge in [-0.15, -0.1) is 0 Å². The molecule has 0 aliphatic heterocycles. The molecule has 106 valence electrons. The van der Waals surface area contributed by atoms with Crippen LogP contribution < -0.4 is 10.2 Å². The van der Waals surface area contributed by atoms with Crippen molar-refractivity contribution in [2.75, 3.05) is 23.8 Å². The van der Waals surface area contributed by atoms with E-state index in [4.69, 9.17) is 0 Å². The molecule has 0 bridgehead atoms. The molecule has 2 aromatic rings. The highest BCUT2D eigenvalue weighted by Gasteiger charge is 2.06. The van der Waals surface area contributed by atoms with Gasteiger partial charge in [-0.1, -0.05) is 38.0 Å². The van der Waals surface area contributed by atoms with Crippen molar-refractivity contribution in [3.05, 3.63) is 42.7 Å². The maximum atomic E-state index is 4.33. The Bertz CT molecular complexity index is 513. The first-order valence-electron chi connectivity index (χ1n) is 7.16. The van der Waals surface area contributed by atoms with Crippen LogP contribution in [0.3, 0.4) is 0 Å². The highest BCUT2D eigenvalue weighted by molar-refractivity contribution is 5.61. The van der Waals surface area contributed by atoms with Crippen LogP contribution in [0, 0.1) is 0 Å². The van der Waals surface area contributed by atoms with Gasteiger partial charge in [-0.05, 0) is 18.6 Å². The zero-order valence-electron chi connectivity index (χ0n) is 12.2. The highest BCUT2D eigenvalue weighted by atomic mass is 15.2. The molecule has 1 N–H and O–H groups in total. The van der Waals surface area contributed by atoms with Crippen LogP contribution >= 0.6 is 0 Å². The van der Waals surface area contributed by atoms with Crippen molar-refractivity contribution in [3.8, 4) is 0 Å². The maximum Gasteiger partial charge on any atom is 0.138 e. The van der Waals surface area contributed by atoms with E-state index in [-0.39, 0.29) is 0 Å². The Balaban J connectivity index is 2.02. The summed E-state index contributed by atoms with van der Waals surface area (Å²) in [6, 6.07) is 12.2. The molecule has 0 spiro atoms. The van der Waals surface area contributed by atoms with Gasteiger partial charge in [0, 0.05) is 25.3 Å². The fraction of sp³-hybridized carbons (Fsp3) is 0.375. The summed E-state index contributed by atoms with van der Waals surface area (Å²) in [5.74, 6) is 1.78. The van der Waals surface area contributed by atoms with Gasteiger partial charge >= 0.3 is 0 Å². The van der Waals surface area contributed by atoms with Crippen molar-refractivity contribution in [1.29, 1.82) is 0 Å². The minimum Gasteiger partial charge on any atom is -0.370 e. The second-order valence-electron chi connectivity index (χ2n) is 4.79. The zero-order valence-corrected chi connectivity index (χ0v) is 12.2. The Hall–Kier alpha value is -2.10. The van der Waals surface area contributed by atoms with Crippen molar-refractivity contribution >= 4 is 17.3 Å². The molecule has 0 aliphatic rings. The van der Waals surface area contributed by atoms with Crippen LogP contribution in [0.1, 0.15) is 26.2 Å². The lowest BCUT2D eigenvalue weighted by Crippen LogP contribution is -2.12. The van der Waals surface area contributed by atoms with Gasteiger partial charge in [-0.2, -0.15) is 0 Å². The maximum absolute atomic E-state index is 4.33. The second kappa shape index (κ2) is 7.48. The van der Waals surface area contributed by atoms with Crippen molar-refractivity contribution in [1.82, 2.24) is 9.97 Å². The van der Waals surface area contributed by atoms with Crippen LogP contribution in [0.2, 0.25) is 0 Å². The van der Waals surface area contributed by atoms with Gasteiger partial charge < -0.3 is 10.2 Å². The van der Waals surface area contributed by atoms with Crippen LogP contribution in [-0.4, -0.2) is 23.6 Å². The van der Waals surface area contributed by atoms with Crippen LogP contribution in [-0.2, 0) is 0 Å². The molecule has 1 heterocycles. The molecule has 0 saturated carbocycles. The summed E-state index contributed by atoms with van der Waals surface area (Å²) in [6.45, 7) is 3.16. The number of para-hydroxylation sites is 1. The zero-order chi connectivity index (χ0) is 14.2. The number of unbranched alkanes of at least 4 members (excludes halogenated alkanes) is 2. The molecule has 1 aromatic carbocycles. The third-order valence-electron chi connectivity index (χ3n) is 3.23. The number of benzene rings is 1. The van der Waals surface area contributed by atoms with Crippen LogP contribution in [0.25, 0.3) is 0 Å². The molecular weight excluding hydrogens is 248 g/mol. The topological polar surface area (TPSA) is 41.0 Å². The van der Waals surface area contributed by atoms with Crippen molar-refractivity contribution in [2.45, 2.75) is 26.2 Å². The first kappa shape index (κ1) is 14.3. The number of hydrogen-bond acceptors (Lipinski definition) is 4. The van der Waals surface area contributed by atoms with E-state index in [9.17, 15) is 0 Å². The second-order valence-corrected chi connectivity index (χ2v) is 4.79. The molecule has 4 nitrogen and oxygen atoms in total. The lowest BCUT2D eigenvalue weighted by atomic mass is 10.2. The Morgan fingerprint density at radius 2 is 1.90 bits per heavy atom. The molecule has 0 aliphatic carbocycles. The largest absolute Gasteiger partial charge is 0.370 e. The predicted octanol–water partition coefficient (Wildman–Crippen LogP) is 3.85. The molecule has 20 heavy (non-hydrogen) atoms. The summed E-state index contributed by atoms with van der Waals surface area (Å²) in [4.78, 5) is 10.7. The van der Waals surface area contributed by atoms with Crippen LogP contribution in [0.15, 0.2) is 42.7 Å². The number of nitrogens with zero attached hydrogens (tertiary/aromatic N) is 3. The van der Waals surface area contributed by atoms with Gasteiger partial charge in [0.2, 0.25) is 0 Å². The molecule has 0 saturated heterocycles. The van der Waals surface area contributed by atoms with Gasteiger partial charge in [-0.3, -0.25) is 0 Å². The van der Waals surface area contributed by atoms with Crippen molar-refractivity contribution in [2.24, 2.45) is 0 Å². The molecule has 0 amide bonds. The van der Waals surface area contributed by atoms with Crippen LogP contribution in [0.5, 0.6) is 0 Å². The van der Waals surface area contributed by atoms with E-state index >= 15 is 0 Å². The minimum absolute atomic E-state index is 0.883. The van der Waals surface area contributed by atoms with E-state index in [0.717, 1.165) is 23.9 Å². The van der Waals surface area contributed by atoms with Crippen LogP contribution in [0.4, 0.5) is 17.3 Å². The van der Waals surface area contributed by atoms with E-state index in [0.29, 0.717) is 0 Å². The van der Waals surface area contributed by atoms with E-state index < -0.39 is 0 Å². The van der Waals surface area contributed by atoms with Gasteiger partial charge in [0.05, 0.1) is 0 Å². The molecule has 0 unspecified atom stereocenters. The summed E-state index contributed by atoms with van der Waals surface area (Å²) >= 11 is 0. The number of rotatable bonds is 7. The molecule has 0 fully saturated rings. The van der Waals surface area contributed by atoms with E-state index in [1.165, 1.54) is 19.3 Å². The summed E-state index contributed by atoms with van der Waals surface area (Å²) in [5.41, 5.74) is 1.11. The lowest BCUT2D eigenvalue weighted by Gasteiger charge is -2.18. The summed E-state index contributed by atoms with van der Waals surface area (Å²) in [5, 5.41) is 3.35. The fourth-order valence-corrected chi connectivity index (χ4v) is 2.00. The standard InChI is InChI=1S/C16H22N4/c1-3-4-8-11-17-15-12-16(19-13-18-15)20(2)14-9-6-5-7-10-14/h5-7,9-10,12-13H,3-4,8,11H2,1-2H3,(H,17,18,19). The van der Waals surface area contributed by atoms with Gasteiger partial charge in [0.1, 0.15) is 18.0 Å². The monoisotopic (exact) mass is 270 g/mol. The molecule has 0 atom stereocenters. The smallest absolute Gasteiger partial charge is 0.138 e. The Morgan fingerprint density at radius 3 is 2.65 bits per heavy atom. The van der Waals surface area contributed by atoms with Crippen molar-refractivity contribution < 1.29 is 0 Å². The van der Waals surface area contributed by atoms with E-state index in [1.807, 2.05) is 31.3 Å². The number of nitrogens with one attached hydrogen (secondary N) is 1.